The lowest BCUT2D eigenvalue weighted by atomic mass is 10.2. The summed E-state index contributed by atoms with van der Waals surface area (Å²) in [6, 6.07) is 14.6. The lowest BCUT2D eigenvalue weighted by Gasteiger charge is -2.34. The number of anilines is 1. The van der Waals surface area contributed by atoms with E-state index < -0.39 is 0 Å². The minimum atomic E-state index is -0.285. The van der Waals surface area contributed by atoms with Gasteiger partial charge in [0.05, 0.1) is 38.5 Å². The molecule has 2 aromatic rings. The van der Waals surface area contributed by atoms with Crippen LogP contribution in [-0.4, -0.2) is 45.2 Å². The van der Waals surface area contributed by atoms with Crippen LogP contribution >= 0.6 is 0 Å². The number of ether oxygens (including phenoxy) is 1. The van der Waals surface area contributed by atoms with Crippen LogP contribution in [0.3, 0.4) is 0 Å². The normalized spacial score (nSPS) is 14.8. The molecule has 1 amide bonds. The van der Waals surface area contributed by atoms with Crippen molar-refractivity contribution in [3.05, 3.63) is 59.9 Å². The van der Waals surface area contributed by atoms with Crippen LogP contribution in [0.5, 0.6) is 5.75 Å². The number of carbonyl (C=O) groups is 1. The van der Waals surface area contributed by atoms with Crippen molar-refractivity contribution in [3.63, 3.8) is 0 Å². The van der Waals surface area contributed by atoms with Crippen molar-refractivity contribution in [2.45, 2.75) is 13.5 Å². The highest BCUT2D eigenvalue weighted by molar-refractivity contribution is 5.76. The summed E-state index contributed by atoms with van der Waals surface area (Å²) in [5.74, 6) is 0.578. The fraction of sp³-hybridized carbons (Fsp3) is 0.381. The van der Waals surface area contributed by atoms with Gasteiger partial charge in [-0.05, 0) is 25.1 Å². The summed E-state index contributed by atoms with van der Waals surface area (Å²) >= 11 is 0. The Morgan fingerprint density at radius 1 is 1.15 bits per heavy atom. The maximum absolute atomic E-state index is 13.6. The van der Waals surface area contributed by atoms with Gasteiger partial charge in [0.15, 0.2) is 6.54 Å². The quantitative estimate of drug-likeness (QED) is 0.769. The Labute approximate surface area is 159 Å². The number of nitrogens with one attached hydrogen (secondary N) is 2. The van der Waals surface area contributed by atoms with E-state index in [1.54, 1.807) is 18.2 Å². The number of carbonyl (C=O) groups excluding carboxylic acids is 1. The first-order chi connectivity index (χ1) is 13.2. The number of rotatable bonds is 7. The molecule has 6 heteroatoms. The monoisotopic (exact) mass is 372 g/mol. The van der Waals surface area contributed by atoms with Gasteiger partial charge in [-0.25, -0.2) is 4.39 Å². The average molecular weight is 372 g/mol. The number of amides is 1. The van der Waals surface area contributed by atoms with Gasteiger partial charge < -0.3 is 19.9 Å². The molecule has 0 aromatic heterocycles. The SMILES string of the molecule is CCOc1ccccc1N1CC[NH+](CC(=O)NCc2ccccc2F)CC1. The van der Waals surface area contributed by atoms with Crippen molar-refractivity contribution in [1.29, 1.82) is 0 Å². The van der Waals surface area contributed by atoms with Crippen molar-refractivity contribution in [2.75, 3.05) is 44.2 Å². The topological polar surface area (TPSA) is 46.0 Å². The van der Waals surface area contributed by atoms with Gasteiger partial charge in [0, 0.05) is 12.1 Å². The van der Waals surface area contributed by atoms with E-state index in [2.05, 4.69) is 16.3 Å². The van der Waals surface area contributed by atoms with E-state index in [1.807, 2.05) is 25.1 Å². The Hall–Kier alpha value is -2.60. The number of hydrogen-bond acceptors (Lipinski definition) is 3. The van der Waals surface area contributed by atoms with E-state index in [4.69, 9.17) is 4.74 Å². The minimum Gasteiger partial charge on any atom is -0.492 e. The average Bonchev–Trinajstić information content (AvgIpc) is 2.69. The lowest BCUT2D eigenvalue weighted by molar-refractivity contribution is -0.892. The van der Waals surface area contributed by atoms with Crippen LogP contribution in [-0.2, 0) is 11.3 Å². The predicted molar refractivity (Wildman–Crippen MR) is 104 cm³/mol. The second-order valence-electron chi connectivity index (χ2n) is 6.68. The number of halogens is 1. The molecule has 1 saturated heterocycles. The molecule has 2 aromatic carbocycles. The zero-order valence-electron chi connectivity index (χ0n) is 15.7. The standard InChI is InChI=1S/C21H26FN3O2/c1-2-27-20-10-6-5-9-19(20)25-13-11-24(12-14-25)16-21(26)23-15-17-7-3-4-8-18(17)22/h3-10H,2,11-16H2,1H3,(H,23,26)/p+1. The van der Waals surface area contributed by atoms with Gasteiger partial charge in [-0.2, -0.15) is 0 Å². The predicted octanol–water partition coefficient (Wildman–Crippen LogP) is 1.25. The molecule has 0 saturated carbocycles. The molecule has 1 fully saturated rings. The number of quaternary nitrogens is 1. The molecule has 0 unspecified atom stereocenters. The Balaban J connectivity index is 1.47. The number of hydrogen-bond donors (Lipinski definition) is 2. The number of benzene rings is 2. The molecular formula is C21H27FN3O2+. The summed E-state index contributed by atoms with van der Waals surface area (Å²) in [4.78, 5) is 15.8. The fourth-order valence-electron chi connectivity index (χ4n) is 3.36. The zero-order valence-corrected chi connectivity index (χ0v) is 15.7. The van der Waals surface area contributed by atoms with Crippen molar-refractivity contribution in [3.8, 4) is 5.75 Å². The van der Waals surface area contributed by atoms with E-state index >= 15 is 0 Å². The van der Waals surface area contributed by atoms with Crippen LogP contribution < -0.4 is 19.9 Å². The van der Waals surface area contributed by atoms with Gasteiger partial charge in [0.25, 0.3) is 5.91 Å². The third kappa shape index (κ3) is 5.20. The zero-order chi connectivity index (χ0) is 19.1. The van der Waals surface area contributed by atoms with Crippen LogP contribution in [0.25, 0.3) is 0 Å². The molecule has 5 nitrogen and oxygen atoms in total. The smallest absolute Gasteiger partial charge is 0.275 e. The molecule has 0 bridgehead atoms. The van der Waals surface area contributed by atoms with Crippen molar-refractivity contribution in [2.24, 2.45) is 0 Å². The number of para-hydroxylation sites is 2. The number of piperazine rings is 1. The molecule has 1 heterocycles. The van der Waals surface area contributed by atoms with E-state index in [1.165, 1.54) is 11.0 Å². The molecule has 1 aliphatic rings. The number of nitrogens with zero attached hydrogens (tertiary/aromatic N) is 1. The van der Waals surface area contributed by atoms with Gasteiger partial charge in [0.2, 0.25) is 0 Å². The summed E-state index contributed by atoms with van der Waals surface area (Å²) in [7, 11) is 0. The summed E-state index contributed by atoms with van der Waals surface area (Å²) in [6.07, 6.45) is 0. The molecule has 2 N–H and O–H groups in total. The van der Waals surface area contributed by atoms with Crippen molar-refractivity contribution >= 4 is 11.6 Å². The van der Waals surface area contributed by atoms with Gasteiger partial charge in [-0.15, -0.1) is 0 Å². The molecule has 0 aliphatic carbocycles. The summed E-state index contributed by atoms with van der Waals surface area (Å²) < 4.78 is 19.3. The molecule has 0 atom stereocenters. The minimum absolute atomic E-state index is 0.0450. The van der Waals surface area contributed by atoms with Crippen molar-refractivity contribution in [1.82, 2.24) is 5.32 Å². The highest BCUT2D eigenvalue weighted by atomic mass is 19.1. The van der Waals surface area contributed by atoms with Crippen LogP contribution in [0.2, 0.25) is 0 Å². The van der Waals surface area contributed by atoms with Gasteiger partial charge in [-0.3, -0.25) is 4.79 Å². The van der Waals surface area contributed by atoms with E-state index in [0.29, 0.717) is 18.7 Å². The first kappa shape index (κ1) is 19.2. The Morgan fingerprint density at radius 3 is 2.59 bits per heavy atom. The van der Waals surface area contributed by atoms with E-state index in [9.17, 15) is 9.18 Å². The maximum Gasteiger partial charge on any atom is 0.275 e. The second-order valence-corrected chi connectivity index (χ2v) is 6.68. The lowest BCUT2D eigenvalue weighted by Crippen LogP contribution is -3.15. The molecule has 3 rings (SSSR count). The molecule has 0 radical (unpaired) electrons. The molecule has 27 heavy (non-hydrogen) atoms. The van der Waals surface area contributed by atoms with Crippen LogP contribution in [0.15, 0.2) is 48.5 Å². The fourth-order valence-corrected chi connectivity index (χ4v) is 3.36. The first-order valence-electron chi connectivity index (χ1n) is 9.48. The molecule has 0 spiro atoms. The van der Waals surface area contributed by atoms with Crippen LogP contribution in [0, 0.1) is 5.82 Å². The third-order valence-electron chi connectivity index (χ3n) is 4.82. The van der Waals surface area contributed by atoms with Crippen LogP contribution in [0.1, 0.15) is 12.5 Å². The second kappa shape index (κ2) is 9.37. The summed E-state index contributed by atoms with van der Waals surface area (Å²) in [6.45, 7) is 6.78. The molecule has 1 aliphatic heterocycles. The first-order valence-corrected chi connectivity index (χ1v) is 9.48. The van der Waals surface area contributed by atoms with Gasteiger partial charge in [0.1, 0.15) is 11.6 Å². The van der Waals surface area contributed by atoms with Crippen LogP contribution in [0.4, 0.5) is 10.1 Å². The van der Waals surface area contributed by atoms with E-state index in [-0.39, 0.29) is 18.3 Å². The largest absolute Gasteiger partial charge is 0.492 e. The Bertz CT molecular complexity index is 761. The van der Waals surface area contributed by atoms with E-state index in [0.717, 1.165) is 37.6 Å². The van der Waals surface area contributed by atoms with Gasteiger partial charge in [-0.1, -0.05) is 30.3 Å². The van der Waals surface area contributed by atoms with Crippen molar-refractivity contribution < 1.29 is 18.8 Å². The maximum atomic E-state index is 13.6. The highest BCUT2D eigenvalue weighted by Gasteiger charge is 2.23. The highest BCUT2D eigenvalue weighted by Crippen LogP contribution is 2.27. The Kier molecular flexibility index (Phi) is 6.65. The molecule has 144 valence electrons. The van der Waals surface area contributed by atoms with Gasteiger partial charge >= 0.3 is 0 Å². The Morgan fingerprint density at radius 2 is 1.85 bits per heavy atom. The molecular weight excluding hydrogens is 345 g/mol. The third-order valence-corrected chi connectivity index (χ3v) is 4.82. The summed E-state index contributed by atoms with van der Waals surface area (Å²) in [5, 5.41) is 2.82. The summed E-state index contributed by atoms with van der Waals surface area (Å²) in [5.41, 5.74) is 1.63.